The number of rotatable bonds is 7. The second-order valence-corrected chi connectivity index (χ2v) is 8.69. The van der Waals surface area contributed by atoms with Crippen LogP contribution < -0.4 is 0 Å². The molecule has 0 unspecified atom stereocenters. The molecule has 0 nitrogen and oxygen atoms in total. The monoisotopic (exact) mass is 658 g/mol. The molecule has 0 N–H and O–H groups in total. The summed E-state index contributed by atoms with van der Waals surface area (Å²) in [6.45, 7) is 0. The molecular weight excluding hydrogens is 653 g/mol. The number of benzene rings is 2. The van der Waals surface area contributed by atoms with E-state index in [4.69, 9.17) is 23.2 Å². The van der Waals surface area contributed by atoms with Crippen molar-refractivity contribution in [1.82, 2.24) is 0 Å². The highest BCUT2D eigenvalue weighted by Gasteiger charge is 2.83. The number of hydrogen-bond donors (Lipinski definition) is 0. The smallest absolute Gasteiger partial charge is 0.194 e. The van der Waals surface area contributed by atoms with Crippen LogP contribution in [0.25, 0.3) is 11.1 Å². The molecule has 0 amide bonds. The minimum Gasteiger partial charge on any atom is -0.194 e. The Labute approximate surface area is 219 Å². The normalized spacial score (nSPS) is 15.0. The largest absolute Gasteiger partial charge is 0.460 e. The van der Waals surface area contributed by atoms with Crippen molar-refractivity contribution in [1.29, 1.82) is 0 Å². The highest BCUT2D eigenvalue weighted by Crippen LogP contribution is 2.60. The van der Waals surface area contributed by atoms with Crippen LogP contribution in [0.4, 0.5) is 79.0 Å². The summed E-state index contributed by atoms with van der Waals surface area (Å²) < 4.78 is 244. The van der Waals surface area contributed by atoms with Crippen LogP contribution in [0.1, 0.15) is 11.1 Å². The summed E-state index contributed by atoms with van der Waals surface area (Å²) in [6.07, 6.45) is -14.7. The Balaban J connectivity index is 2.99. The van der Waals surface area contributed by atoms with Gasteiger partial charge >= 0.3 is 47.9 Å². The third-order valence-electron chi connectivity index (χ3n) is 5.22. The Morgan fingerprint density at radius 2 is 0.625 bits per heavy atom. The predicted octanol–water partition coefficient (Wildman–Crippen LogP) is 10.5. The van der Waals surface area contributed by atoms with Crippen molar-refractivity contribution in [2.75, 3.05) is 0 Å². The van der Waals surface area contributed by atoms with Crippen LogP contribution in [0, 0.1) is 0 Å². The highest BCUT2D eigenvalue weighted by molar-refractivity contribution is 6.31. The van der Waals surface area contributed by atoms with E-state index in [1.807, 2.05) is 0 Å². The van der Waals surface area contributed by atoms with Crippen LogP contribution in [-0.2, 0) is 11.8 Å². The van der Waals surface area contributed by atoms with Crippen molar-refractivity contribution in [2.24, 2.45) is 0 Å². The number of alkyl halides is 18. The van der Waals surface area contributed by atoms with E-state index in [2.05, 4.69) is 0 Å². The van der Waals surface area contributed by atoms with E-state index in [1.54, 1.807) is 0 Å². The molecule has 2 aromatic rings. The molecule has 2 rings (SSSR count). The molecule has 0 saturated heterocycles. The summed E-state index contributed by atoms with van der Waals surface area (Å²) in [5.74, 6) is -43.5. The molecule has 0 saturated carbocycles. The second-order valence-electron chi connectivity index (χ2n) is 7.82. The van der Waals surface area contributed by atoms with E-state index in [1.165, 1.54) is 0 Å². The molecule has 0 radical (unpaired) electrons. The summed E-state index contributed by atoms with van der Waals surface area (Å²) in [7, 11) is 0. The standard InChI is InChI=1S/C20H6Cl2F18/c21-7-1-3-9(11(5-7)13(23,24)15(27,28)17(31,32)19(35,36)37)10-4-2-8(22)6-12(10)14(25,26)16(29,30)18(33,34)20(38,39)40/h1-6H. The van der Waals surface area contributed by atoms with E-state index < -0.39 is 92.3 Å². The Kier molecular flexibility index (Phi) is 8.20. The maximum atomic E-state index is 14.8. The van der Waals surface area contributed by atoms with Crippen LogP contribution in [0.3, 0.4) is 0 Å². The first-order valence-corrected chi connectivity index (χ1v) is 10.3. The minimum atomic E-state index is -7.54. The van der Waals surface area contributed by atoms with Gasteiger partial charge in [-0.25, -0.2) is 0 Å². The molecule has 0 fully saturated rings. The van der Waals surface area contributed by atoms with Gasteiger partial charge in [-0.1, -0.05) is 35.3 Å². The summed E-state index contributed by atoms with van der Waals surface area (Å²) in [6, 6.07) is -0.524. The number of hydrogen-bond acceptors (Lipinski definition) is 0. The zero-order valence-corrected chi connectivity index (χ0v) is 19.5. The lowest BCUT2D eigenvalue weighted by Crippen LogP contribution is -2.60. The maximum absolute atomic E-state index is 14.8. The van der Waals surface area contributed by atoms with Crippen LogP contribution >= 0.6 is 23.2 Å². The van der Waals surface area contributed by atoms with E-state index in [-0.39, 0.29) is 12.1 Å². The number of halogens is 20. The molecule has 0 aliphatic heterocycles. The van der Waals surface area contributed by atoms with Gasteiger partial charge in [0.15, 0.2) is 0 Å². The summed E-state index contributed by atoms with van der Waals surface area (Å²) >= 11 is 10.6. The van der Waals surface area contributed by atoms with E-state index in [0.29, 0.717) is 12.1 Å². The zero-order chi connectivity index (χ0) is 31.7. The molecule has 0 spiro atoms. The van der Waals surface area contributed by atoms with Gasteiger partial charge in [-0.3, -0.25) is 0 Å². The predicted molar refractivity (Wildman–Crippen MR) is 102 cm³/mol. The molecule has 0 aliphatic rings. The van der Waals surface area contributed by atoms with Crippen molar-refractivity contribution < 1.29 is 79.0 Å². The van der Waals surface area contributed by atoms with Crippen molar-refractivity contribution >= 4 is 23.2 Å². The Bertz CT molecular complexity index is 1160. The van der Waals surface area contributed by atoms with Crippen molar-refractivity contribution in [3.05, 3.63) is 57.6 Å². The molecule has 226 valence electrons. The first-order chi connectivity index (χ1) is 17.5. The molecule has 0 aliphatic carbocycles. The zero-order valence-electron chi connectivity index (χ0n) is 18.0. The van der Waals surface area contributed by atoms with Crippen LogP contribution in [0.15, 0.2) is 36.4 Å². The van der Waals surface area contributed by atoms with E-state index >= 15 is 0 Å². The third kappa shape index (κ3) is 4.91. The Hall–Kier alpha value is -2.24. The Morgan fingerprint density at radius 1 is 0.375 bits per heavy atom. The van der Waals surface area contributed by atoms with Crippen LogP contribution in [0.2, 0.25) is 10.0 Å². The Morgan fingerprint density at radius 3 is 0.850 bits per heavy atom. The van der Waals surface area contributed by atoms with Gasteiger partial charge in [0.25, 0.3) is 0 Å². The maximum Gasteiger partial charge on any atom is 0.460 e. The van der Waals surface area contributed by atoms with E-state index in [0.717, 1.165) is 0 Å². The molecular formula is C20H6Cl2F18. The average Bonchev–Trinajstić information content (AvgIpc) is 2.77. The molecule has 0 bridgehead atoms. The highest BCUT2D eigenvalue weighted by atomic mass is 35.5. The lowest BCUT2D eigenvalue weighted by Gasteiger charge is -2.36. The van der Waals surface area contributed by atoms with Gasteiger partial charge in [-0.05, 0) is 35.4 Å². The lowest BCUT2D eigenvalue weighted by molar-refractivity contribution is -0.399. The van der Waals surface area contributed by atoms with Crippen LogP contribution in [-0.4, -0.2) is 36.0 Å². The van der Waals surface area contributed by atoms with Crippen molar-refractivity contribution in [3.8, 4) is 11.1 Å². The fourth-order valence-corrected chi connectivity index (χ4v) is 3.46. The molecule has 0 aromatic heterocycles. The quantitative estimate of drug-likeness (QED) is 0.260. The van der Waals surface area contributed by atoms with Gasteiger partial charge in [0.2, 0.25) is 0 Å². The SMILES string of the molecule is FC(F)(F)C(F)(F)C(F)(F)C(F)(F)c1cc(Cl)ccc1-c1ccc(Cl)cc1C(F)(F)C(F)(F)C(F)(F)C(F)(F)F. The topological polar surface area (TPSA) is 0 Å². The first-order valence-electron chi connectivity index (χ1n) is 9.51. The van der Waals surface area contributed by atoms with Crippen molar-refractivity contribution in [3.63, 3.8) is 0 Å². The van der Waals surface area contributed by atoms with Gasteiger partial charge in [0, 0.05) is 21.2 Å². The molecule has 20 heteroatoms. The lowest BCUT2D eigenvalue weighted by atomic mass is 9.85. The molecule has 40 heavy (non-hydrogen) atoms. The van der Waals surface area contributed by atoms with Gasteiger partial charge < -0.3 is 0 Å². The summed E-state index contributed by atoms with van der Waals surface area (Å²) in [4.78, 5) is 0. The van der Waals surface area contributed by atoms with Crippen molar-refractivity contribution in [2.45, 2.75) is 47.9 Å². The molecule has 0 heterocycles. The second kappa shape index (κ2) is 9.66. The third-order valence-corrected chi connectivity index (χ3v) is 5.69. The molecule has 2 aromatic carbocycles. The minimum absolute atomic E-state index is 0.0871. The van der Waals surface area contributed by atoms with Gasteiger partial charge in [-0.15, -0.1) is 0 Å². The van der Waals surface area contributed by atoms with Crippen LogP contribution in [0.5, 0.6) is 0 Å². The van der Waals surface area contributed by atoms with Gasteiger partial charge in [0.05, 0.1) is 0 Å². The fourth-order valence-electron chi connectivity index (χ4n) is 3.11. The fraction of sp³-hybridized carbons (Fsp3) is 0.400. The van der Waals surface area contributed by atoms with Gasteiger partial charge in [-0.2, -0.15) is 79.0 Å². The first kappa shape index (κ1) is 34.0. The summed E-state index contributed by atoms with van der Waals surface area (Å²) in [5, 5.41) is -2.33. The molecule has 0 atom stereocenters. The summed E-state index contributed by atoms with van der Waals surface area (Å²) in [5.41, 5.74) is -9.58. The average molecular weight is 659 g/mol. The van der Waals surface area contributed by atoms with Gasteiger partial charge in [0.1, 0.15) is 0 Å². The van der Waals surface area contributed by atoms with E-state index in [9.17, 15) is 79.0 Å².